The van der Waals surface area contributed by atoms with Gasteiger partial charge in [0.1, 0.15) is 17.9 Å². The number of nitrogens with zero attached hydrogens (tertiary/aromatic N) is 2. The predicted molar refractivity (Wildman–Crippen MR) is 79.0 cm³/mol. The van der Waals surface area contributed by atoms with Crippen molar-refractivity contribution < 1.29 is 4.90 Å². The maximum absolute atomic E-state index is 12.3. The van der Waals surface area contributed by atoms with Gasteiger partial charge in [0.25, 0.3) is 5.56 Å². The van der Waals surface area contributed by atoms with Crippen LogP contribution in [0.25, 0.3) is 5.65 Å². The molecule has 0 bridgehead atoms. The van der Waals surface area contributed by atoms with Crippen molar-refractivity contribution in [1.29, 1.82) is 0 Å². The number of aryl methyl sites for hydroxylation is 1. The van der Waals surface area contributed by atoms with E-state index < -0.39 is 0 Å². The Labute approximate surface area is 119 Å². The average molecular weight is 272 g/mol. The minimum Gasteiger partial charge on any atom is -0.328 e. The quantitative estimate of drug-likeness (QED) is 0.884. The van der Waals surface area contributed by atoms with Crippen LogP contribution >= 0.6 is 0 Å². The lowest BCUT2D eigenvalue weighted by Gasteiger charge is -2.29. The van der Waals surface area contributed by atoms with Crippen LogP contribution in [-0.2, 0) is 6.54 Å². The third-order valence-corrected chi connectivity index (χ3v) is 4.42. The highest BCUT2D eigenvalue weighted by Crippen LogP contribution is 2.05. The first-order chi connectivity index (χ1) is 9.65. The Morgan fingerprint density at radius 2 is 2.25 bits per heavy atom. The molecule has 0 aliphatic carbocycles. The molecule has 0 radical (unpaired) electrons. The zero-order chi connectivity index (χ0) is 14.1. The number of hydrogen-bond donors (Lipinski definition) is 1. The molecule has 1 aliphatic rings. The van der Waals surface area contributed by atoms with Crippen LogP contribution in [0.4, 0.5) is 0 Å². The van der Waals surface area contributed by atoms with Gasteiger partial charge in [0.05, 0.1) is 12.6 Å². The van der Waals surface area contributed by atoms with Crippen LogP contribution in [0.15, 0.2) is 29.1 Å². The van der Waals surface area contributed by atoms with E-state index >= 15 is 0 Å². The van der Waals surface area contributed by atoms with E-state index in [1.807, 2.05) is 25.1 Å². The Balaban J connectivity index is 1.95. The summed E-state index contributed by atoms with van der Waals surface area (Å²) in [6, 6.07) is 8.17. The first kappa shape index (κ1) is 13.3. The molecular formula is C16H22N3O+. The van der Waals surface area contributed by atoms with E-state index in [-0.39, 0.29) is 5.56 Å². The third kappa shape index (κ3) is 2.48. The average Bonchev–Trinajstić information content (AvgIpc) is 2.41. The van der Waals surface area contributed by atoms with Crippen molar-refractivity contribution in [1.82, 2.24) is 9.38 Å². The normalized spacial score (nSPS) is 23.1. The summed E-state index contributed by atoms with van der Waals surface area (Å²) in [6.45, 7) is 6.29. The summed E-state index contributed by atoms with van der Waals surface area (Å²) in [5.74, 6) is 0. The summed E-state index contributed by atoms with van der Waals surface area (Å²) in [6.07, 6.45) is 3.89. The summed E-state index contributed by atoms with van der Waals surface area (Å²) in [7, 11) is 0. The van der Waals surface area contributed by atoms with Crippen LogP contribution < -0.4 is 10.5 Å². The van der Waals surface area contributed by atoms with Gasteiger partial charge in [-0.25, -0.2) is 4.98 Å². The number of aromatic nitrogens is 2. The largest absolute Gasteiger partial charge is 0.328 e. The number of nitrogens with one attached hydrogen (secondary N) is 1. The monoisotopic (exact) mass is 272 g/mol. The van der Waals surface area contributed by atoms with Crippen molar-refractivity contribution in [3.8, 4) is 0 Å². The van der Waals surface area contributed by atoms with Gasteiger partial charge >= 0.3 is 0 Å². The zero-order valence-electron chi connectivity index (χ0n) is 12.2. The Kier molecular flexibility index (Phi) is 3.57. The van der Waals surface area contributed by atoms with Crippen molar-refractivity contribution in [2.45, 2.75) is 45.7 Å². The van der Waals surface area contributed by atoms with Crippen molar-refractivity contribution in [2.75, 3.05) is 6.54 Å². The smallest absolute Gasteiger partial charge is 0.258 e. The molecule has 3 rings (SSSR count). The van der Waals surface area contributed by atoms with Crippen LogP contribution in [0.2, 0.25) is 0 Å². The molecule has 0 spiro atoms. The van der Waals surface area contributed by atoms with E-state index in [0.29, 0.717) is 6.04 Å². The summed E-state index contributed by atoms with van der Waals surface area (Å²) in [5, 5.41) is 0. The van der Waals surface area contributed by atoms with Crippen molar-refractivity contribution in [2.24, 2.45) is 0 Å². The van der Waals surface area contributed by atoms with Gasteiger partial charge in [-0.2, -0.15) is 0 Å². The topological polar surface area (TPSA) is 38.8 Å². The first-order valence-corrected chi connectivity index (χ1v) is 7.48. The van der Waals surface area contributed by atoms with E-state index in [1.165, 1.54) is 25.8 Å². The number of pyridine rings is 1. The van der Waals surface area contributed by atoms with E-state index in [0.717, 1.165) is 23.6 Å². The maximum Gasteiger partial charge on any atom is 0.258 e. The number of quaternary nitrogens is 1. The molecule has 3 heterocycles. The van der Waals surface area contributed by atoms with Crippen LogP contribution in [-0.4, -0.2) is 22.0 Å². The van der Waals surface area contributed by atoms with Gasteiger partial charge in [-0.3, -0.25) is 9.20 Å². The fraction of sp³-hybridized carbons (Fsp3) is 0.500. The van der Waals surface area contributed by atoms with Crippen LogP contribution in [0.5, 0.6) is 0 Å². The Hall–Kier alpha value is -1.68. The van der Waals surface area contributed by atoms with Crippen LogP contribution in [0, 0.1) is 6.92 Å². The van der Waals surface area contributed by atoms with Gasteiger partial charge < -0.3 is 4.90 Å². The number of fused-ring (bicyclic) bond motifs is 1. The minimum atomic E-state index is 0.0344. The lowest BCUT2D eigenvalue weighted by molar-refractivity contribution is -0.942. The highest BCUT2D eigenvalue weighted by Gasteiger charge is 2.22. The zero-order valence-corrected chi connectivity index (χ0v) is 12.2. The molecule has 1 saturated heterocycles. The molecular weight excluding hydrogens is 250 g/mol. The molecule has 2 aromatic rings. The fourth-order valence-electron chi connectivity index (χ4n) is 3.20. The van der Waals surface area contributed by atoms with Crippen molar-refractivity contribution in [3.05, 3.63) is 46.0 Å². The molecule has 2 atom stereocenters. The standard InChI is InChI=1S/C16H21N3O/c1-12-6-3-4-9-18(12)11-14-10-16(20)19-13(2)7-5-8-15(19)17-14/h5,7-8,10,12H,3-4,6,9,11H2,1-2H3/p+1/t12-/m0/s1. The van der Waals surface area contributed by atoms with E-state index in [4.69, 9.17) is 0 Å². The molecule has 0 amide bonds. The molecule has 2 aromatic heterocycles. The van der Waals surface area contributed by atoms with Crippen molar-refractivity contribution >= 4 is 5.65 Å². The molecule has 1 aliphatic heterocycles. The van der Waals surface area contributed by atoms with Gasteiger partial charge in [0, 0.05) is 11.8 Å². The highest BCUT2D eigenvalue weighted by molar-refractivity contribution is 5.40. The van der Waals surface area contributed by atoms with Gasteiger partial charge in [-0.1, -0.05) is 6.07 Å². The van der Waals surface area contributed by atoms with Gasteiger partial charge in [0.2, 0.25) is 0 Å². The van der Waals surface area contributed by atoms with E-state index in [2.05, 4.69) is 11.9 Å². The highest BCUT2D eigenvalue weighted by atomic mass is 16.1. The van der Waals surface area contributed by atoms with Gasteiger partial charge in [-0.15, -0.1) is 0 Å². The summed E-state index contributed by atoms with van der Waals surface area (Å²) in [4.78, 5) is 18.5. The lowest BCUT2D eigenvalue weighted by atomic mass is 10.0. The summed E-state index contributed by atoms with van der Waals surface area (Å²) in [5.41, 5.74) is 2.65. The van der Waals surface area contributed by atoms with E-state index in [9.17, 15) is 4.79 Å². The second kappa shape index (κ2) is 5.37. The lowest BCUT2D eigenvalue weighted by Crippen LogP contribution is -3.15. The predicted octanol–water partition coefficient (Wildman–Crippen LogP) is 0.960. The third-order valence-electron chi connectivity index (χ3n) is 4.42. The SMILES string of the molecule is Cc1cccc2nc(C[NH+]3CCCC[C@@H]3C)cc(=O)n12. The molecule has 0 aromatic carbocycles. The first-order valence-electron chi connectivity index (χ1n) is 7.48. The van der Waals surface area contributed by atoms with E-state index in [1.54, 1.807) is 15.4 Å². The molecule has 106 valence electrons. The van der Waals surface area contributed by atoms with Gasteiger partial charge in [0.15, 0.2) is 0 Å². The van der Waals surface area contributed by atoms with Crippen LogP contribution in [0.3, 0.4) is 0 Å². The molecule has 1 fully saturated rings. The van der Waals surface area contributed by atoms with Gasteiger partial charge in [-0.05, 0) is 45.2 Å². The number of piperidine rings is 1. The number of rotatable bonds is 2. The molecule has 4 nitrogen and oxygen atoms in total. The number of likely N-dealkylation sites (tertiary alicyclic amines) is 1. The van der Waals surface area contributed by atoms with Crippen LogP contribution in [0.1, 0.15) is 37.6 Å². The Morgan fingerprint density at radius 3 is 3.05 bits per heavy atom. The molecule has 20 heavy (non-hydrogen) atoms. The number of hydrogen-bond acceptors (Lipinski definition) is 2. The minimum absolute atomic E-state index is 0.0344. The Morgan fingerprint density at radius 1 is 1.40 bits per heavy atom. The molecule has 4 heteroatoms. The molecule has 0 saturated carbocycles. The fourth-order valence-corrected chi connectivity index (χ4v) is 3.20. The molecule has 1 N–H and O–H groups in total. The maximum atomic E-state index is 12.3. The van der Waals surface area contributed by atoms with Crippen molar-refractivity contribution in [3.63, 3.8) is 0 Å². The Bertz CT molecular complexity index is 677. The summed E-state index contributed by atoms with van der Waals surface area (Å²) < 4.78 is 1.68. The summed E-state index contributed by atoms with van der Waals surface area (Å²) >= 11 is 0. The second-order valence-electron chi connectivity index (χ2n) is 5.93. The second-order valence-corrected chi connectivity index (χ2v) is 5.93. The molecule has 1 unspecified atom stereocenters.